The Morgan fingerprint density at radius 1 is 1.32 bits per heavy atom. The second kappa shape index (κ2) is 6.84. The SMILES string of the molecule is C[C@@H]1[C@H](C)N(C(=O)NCC#Cc2ccccc2)CCS1(=O)=O. The Labute approximate surface area is 131 Å². The van der Waals surface area contributed by atoms with Crippen molar-refractivity contribution in [3.63, 3.8) is 0 Å². The lowest BCUT2D eigenvalue weighted by Crippen LogP contribution is -2.56. The minimum atomic E-state index is -3.09. The van der Waals surface area contributed by atoms with Crippen LogP contribution in [0.3, 0.4) is 0 Å². The molecule has 2 rings (SSSR count). The number of hydrogen-bond acceptors (Lipinski definition) is 3. The summed E-state index contributed by atoms with van der Waals surface area (Å²) in [5.41, 5.74) is 0.891. The third kappa shape index (κ3) is 3.80. The van der Waals surface area contributed by atoms with Crippen molar-refractivity contribution in [2.75, 3.05) is 18.8 Å². The molecule has 2 amide bonds. The molecule has 0 radical (unpaired) electrons. The van der Waals surface area contributed by atoms with Crippen LogP contribution >= 0.6 is 0 Å². The molecule has 0 saturated carbocycles. The molecule has 0 aliphatic carbocycles. The summed E-state index contributed by atoms with van der Waals surface area (Å²) in [6.07, 6.45) is 0. The van der Waals surface area contributed by atoms with Crippen LogP contribution in [-0.2, 0) is 9.84 Å². The van der Waals surface area contributed by atoms with Gasteiger partial charge in [-0.25, -0.2) is 13.2 Å². The van der Waals surface area contributed by atoms with E-state index in [-0.39, 0.29) is 30.9 Å². The number of urea groups is 1. The number of rotatable bonds is 1. The Morgan fingerprint density at radius 2 is 2.00 bits per heavy atom. The van der Waals surface area contributed by atoms with E-state index in [1.807, 2.05) is 30.3 Å². The molecule has 1 aromatic rings. The summed E-state index contributed by atoms with van der Waals surface area (Å²) in [6, 6.07) is 8.92. The van der Waals surface area contributed by atoms with Gasteiger partial charge in [0.2, 0.25) is 0 Å². The highest BCUT2D eigenvalue weighted by Crippen LogP contribution is 2.19. The monoisotopic (exact) mass is 320 g/mol. The predicted molar refractivity (Wildman–Crippen MR) is 86.1 cm³/mol. The molecule has 1 aromatic carbocycles. The largest absolute Gasteiger partial charge is 0.327 e. The fourth-order valence-electron chi connectivity index (χ4n) is 2.34. The first kappa shape index (κ1) is 16.4. The fourth-order valence-corrected chi connectivity index (χ4v) is 3.91. The zero-order chi connectivity index (χ0) is 16.2. The minimum Gasteiger partial charge on any atom is -0.327 e. The van der Waals surface area contributed by atoms with Crippen LogP contribution in [0.5, 0.6) is 0 Å². The summed E-state index contributed by atoms with van der Waals surface area (Å²) in [5, 5.41) is 2.18. The van der Waals surface area contributed by atoms with Gasteiger partial charge in [0.15, 0.2) is 9.84 Å². The Bertz CT molecular complexity index is 689. The molecule has 5 nitrogen and oxygen atoms in total. The molecule has 2 atom stereocenters. The number of benzene rings is 1. The van der Waals surface area contributed by atoms with Crippen LogP contribution < -0.4 is 5.32 Å². The standard InChI is InChI=1S/C16H20N2O3S/c1-13-14(2)22(20,21)12-11-18(13)16(19)17-10-6-9-15-7-4-3-5-8-15/h3-5,7-8,13-14H,10-12H2,1-2H3,(H,17,19)/t13-,14+/m0/s1. The van der Waals surface area contributed by atoms with Crippen LogP contribution in [0.25, 0.3) is 0 Å². The first-order chi connectivity index (χ1) is 10.4. The molecule has 0 aromatic heterocycles. The van der Waals surface area contributed by atoms with E-state index < -0.39 is 15.1 Å². The van der Waals surface area contributed by atoms with E-state index in [1.165, 1.54) is 0 Å². The summed E-state index contributed by atoms with van der Waals surface area (Å²) in [6.45, 7) is 3.87. The maximum absolute atomic E-state index is 12.1. The summed E-state index contributed by atoms with van der Waals surface area (Å²) in [7, 11) is -3.09. The van der Waals surface area contributed by atoms with Gasteiger partial charge >= 0.3 is 6.03 Å². The second-order valence-corrected chi connectivity index (χ2v) is 7.81. The molecule has 0 spiro atoms. The average molecular weight is 320 g/mol. The Hall–Kier alpha value is -2.00. The maximum atomic E-state index is 12.1. The van der Waals surface area contributed by atoms with E-state index in [0.29, 0.717) is 0 Å². The van der Waals surface area contributed by atoms with Gasteiger partial charge in [0.25, 0.3) is 0 Å². The minimum absolute atomic E-state index is 0.0155. The van der Waals surface area contributed by atoms with E-state index in [2.05, 4.69) is 17.2 Å². The van der Waals surface area contributed by atoms with Gasteiger partial charge in [-0.05, 0) is 26.0 Å². The van der Waals surface area contributed by atoms with Crippen LogP contribution in [0.15, 0.2) is 30.3 Å². The van der Waals surface area contributed by atoms with E-state index in [0.717, 1.165) is 5.56 Å². The van der Waals surface area contributed by atoms with Gasteiger partial charge in [0.1, 0.15) is 0 Å². The van der Waals surface area contributed by atoms with E-state index in [1.54, 1.807) is 18.7 Å². The van der Waals surface area contributed by atoms with E-state index >= 15 is 0 Å². The smallest absolute Gasteiger partial charge is 0.318 e. The third-order valence-electron chi connectivity index (χ3n) is 3.95. The Balaban J connectivity index is 1.90. The molecule has 1 fully saturated rings. The van der Waals surface area contributed by atoms with Crippen molar-refractivity contribution in [3.8, 4) is 11.8 Å². The van der Waals surface area contributed by atoms with Crippen molar-refractivity contribution in [2.24, 2.45) is 0 Å². The molecule has 0 bridgehead atoms. The lowest BCUT2D eigenvalue weighted by atomic mass is 10.2. The van der Waals surface area contributed by atoms with Crippen LogP contribution in [0.2, 0.25) is 0 Å². The molecular formula is C16H20N2O3S. The van der Waals surface area contributed by atoms with Crippen molar-refractivity contribution in [1.29, 1.82) is 0 Å². The topological polar surface area (TPSA) is 66.5 Å². The molecule has 1 saturated heterocycles. The van der Waals surface area contributed by atoms with Gasteiger partial charge in [0.05, 0.1) is 17.5 Å². The van der Waals surface area contributed by atoms with Crippen molar-refractivity contribution in [1.82, 2.24) is 10.2 Å². The molecule has 1 N–H and O–H groups in total. The van der Waals surface area contributed by atoms with Crippen molar-refractivity contribution >= 4 is 15.9 Å². The van der Waals surface area contributed by atoms with Gasteiger partial charge in [-0.15, -0.1) is 0 Å². The fraction of sp³-hybridized carbons (Fsp3) is 0.438. The summed E-state index contributed by atoms with van der Waals surface area (Å²) in [5.74, 6) is 5.86. The predicted octanol–water partition coefficient (Wildman–Crippen LogP) is 1.26. The van der Waals surface area contributed by atoms with Gasteiger partial charge in [-0.1, -0.05) is 30.0 Å². The second-order valence-electron chi connectivity index (χ2n) is 5.33. The number of amides is 2. The van der Waals surface area contributed by atoms with Crippen LogP contribution in [-0.4, -0.2) is 49.5 Å². The van der Waals surface area contributed by atoms with Gasteiger partial charge in [-0.3, -0.25) is 0 Å². The normalized spacial score (nSPS) is 23.3. The van der Waals surface area contributed by atoms with Crippen molar-refractivity contribution in [2.45, 2.75) is 25.1 Å². The molecule has 6 heteroatoms. The lowest BCUT2D eigenvalue weighted by Gasteiger charge is -2.37. The van der Waals surface area contributed by atoms with Gasteiger partial charge in [-0.2, -0.15) is 0 Å². The first-order valence-electron chi connectivity index (χ1n) is 7.22. The summed E-state index contributed by atoms with van der Waals surface area (Å²) in [4.78, 5) is 13.7. The zero-order valence-electron chi connectivity index (χ0n) is 12.7. The number of hydrogen-bond donors (Lipinski definition) is 1. The van der Waals surface area contributed by atoms with Crippen LogP contribution in [0, 0.1) is 11.8 Å². The number of nitrogens with zero attached hydrogens (tertiary/aromatic N) is 1. The highest BCUT2D eigenvalue weighted by Gasteiger charge is 2.37. The first-order valence-corrected chi connectivity index (χ1v) is 8.93. The van der Waals surface area contributed by atoms with Crippen molar-refractivity contribution in [3.05, 3.63) is 35.9 Å². The number of carbonyl (C=O) groups is 1. The maximum Gasteiger partial charge on any atom is 0.318 e. The molecule has 0 unspecified atom stereocenters. The number of sulfone groups is 1. The third-order valence-corrected chi connectivity index (χ3v) is 6.23. The molecule has 22 heavy (non-hydrogen) atoms. The number of nitrogens with one attached hydrogen (secondary N) is 1. The van der Waals surface area contributed by atoms with Crippen molar-refractivity contribution < 1.29 is 13.2 Å². The molecular weight excluding hydrogens is 300 g/mol. The Morgan fingerprint density at radius 3 is 2.68 bits per heavy atom. The van der Waals surface area contributed by atoms with Crippen LogP contribution in [0.1, 0.15) is 19.4 Å². The molecule has 1 aliphatic rings. The average Bonchev–Trinajstić information content (AvgIpc) is 2.50. The van der Waals surface area contributed by atoms with E-state index in [9.17, 15) is 13.2 Å². The van der Waals surface area contributed by atoms with E-state index in [4.69, 9.17) is 0 Å². The van der Waals surface area contributed by atoms with Gasteiger partial charge < -0.3 is 10.2 Å². The zero-order valence-corrected chi connectivity index (χ0v) is 13.6. The lowest BCUT2D eigenvalue weighted by molar-refractivity contribution is 0.179. The quantitative estimate of drug-likeness (QED) is 0.792. The van der Waals surface area contributed by atoms with Gasteiger partial charge in [0, 0.05) is 18.2 Å². The highest BCUT2D eigenvalue weighted by atomic mass is 32.2. The molecule has 1 heterocycles. The van der Waals surface area contributed by atoms with Crippen LogP contribution in [0.4, 0.5) is 4.79 Å². The summed E-state index contributed by atoms with van der Waals surface area (Å²) < 4.78 is 23.6. The highest BCUT2D eigenvalue weighted by molar-refractivity contribution is 7.92. The summed E-state index contributed by atoms with van der Waals surface area (Å²) >= 11 is 0. The Kier molecular flexibility index (Phi) is 5.09. The number of carbonyl (C=O) groups excluding carboxylic acids is 1. The molecule has 118 valence electrons. The molecule has 1 aliphatic heterocycles.